The van der Waals surface area contributed by atoms with Crippen LogP contribution in [0.15, 0.2) is 54.7 Å². The summed E-state index contributed by atoms with van der Waals surface area (Å²) in [5, 5.41) is 7.28. The van der Waals surface area contributed by atoms with Crippen molar-refractivity contribution in [2.24, 2.45) is 0 Å². The van der Waals surface area contributed by atoms with Crippen molar-refractivity contribution >= 4 is 46.3 Å². The number of rotatable bonds is 5. The van der Waals surface area contributed by atoms with Crippen molar-refractivity contribution in [2.45, 2.75) is 0 Å². The van der Waals surface area contributed by atoms with E-state index in [-0.39, 0.29) is 0 Å². The van der Waals surface area contributed by atoms with Crippen LogP contribution in [-0.4, -0.2) is 17.1 Å². The molecular weight excluding hydrogens is 347 g/mol. The monoisotopic (exact) mass is 360 g/mol. The van der Waals surface area contributed by atoms with E-state index >= 15 is 0 Å². The number of anilines is 4. The first-order chi connectivity index (χ1) is 11.6. The fraction of sp³-hybridized carbons (Fsp3) is 0.0588. The minimum atomic E-state index is 0.466. The van der Waals surface area contributed by atoms with Gasteiger partial charge < -0.3 is 15.4 Å². The van der Waals surface area contributed by atoms with Crippen molar-refractivity contribution in [2.75, 3.05) is 17.7 Å². The minimum absolute atomic E-state index is 0.466. The van der Waals surface area contributed by atoms with Gasteiger partial charge in [-0.3, -0.25) is 0 Å². The molecule has 2 aromatic carbocycles. The molecule has 0 atom stereocenters. The standard InChI is InChI=1S/C17H14Cl2N4O/c1-24-13-4-2-3-11(9-13)22-17-20-8-7-16(23-17)21-12-5-6-14(18)15(19)10-12/h2-10H,1H3,(H2,20,21,22,23). The largest absolute Gasteiger partial charge is 0.497 e. The summed E-state index contributed by atoms with van der Waals surface area (Å²) in [4.78, 5) is 8.63. The highest BCUT2D eigenvalue weighted by Crippen LogP contribution is 2.27. The number of hydrogen-bond donors (Lipinski definition) is 2. The second-order valence-electron chi connectivity index (χ2n) is 4.88. The number of aromatic nitrogens is 2. The lowest BCUT2D eigenvalue weighted by Crippen LogP contribution is -2.00. The average Bonchev–Trinajstić information content (AvgIpc) is 2.59. The Morgan fingerprint density at radius 1 is 0.917 bits per heavy atom. The first-order valence-electron chi connectivity index (χ1n) is 7.10. The highest BCUT2D eigenvalue weighted by atomic mass is 35.5. The second kappa shape index (κ2) is 7.38. The molecule has 3 aromatic rings. The molecule has 0 saturated carbocycles. The first-order valence-corrected chi connectivity index (χ1v) is 7.86. The Bertz CT molecular complexity index is 857. The van der Waals surface area contributed by atoms with Crippen molar-refractivity contribution in [1.82, 2.24) is 9.97 Å². The molecule has 0 amide bonds. The van der Waals surface area contributed by atoms with Gasteiger partial charge in [0.1, 0.15) is 11.6 Å². The molecule has 0 aliphatic rings. The normalized spacial score (nSPS) is 10.3. The molecule has 0 radical (unpaired) electrons. The van der Waals surface area contributed by atoms with Crippen LogP contribution >= 0.6 is 23.2 Å². The van der Waals surface area contributed by atoms with E-state index in [4.69, 9.17) is 27.9 Å². The summed E-state index contributed by atoms with van der Waals surface area (Å²) in [6.07, 6.45) is 1.66. The molecule has 3 rings (SSSR count). The number of methoxy groups -OCH3 is 1. The fourth-order valence-corrected chi connectivity index (χ4v) is 2.34. The maximum absolute atomic E-state index is 6.02. The molecule has 2 N–H and O–H groups in total. The van der Waals surface area contributed by atoms with Crippen LogP contribution in [0.5, 0.6) is 5.75 Å². The summed E-state index contributed by atoms with van der Waals surface area (Å²) >= 11 is 11.9. The quantitative estimate of drug-likeness (QED) is 0.648. The predicted molar refractivity (Wildman–Crippen MR) is 98.1 cm³/mol. The third-order valence-electron chi connectivity index (χ3n) is 3.17. The Kier molecular flexibility index (Phi) is 5.03. The van der Waals surface area contributed by atoms with Crippen molar-refractivity contribution in [1.29, 1.82) is 0 Å². The lowest BCUT2D eigenvalue weighted by Gasteiger charge is -2.09. The molecule has 5 nitrogen and oxygen atoms in total. The number of halogens is 2. The smallest absolute Gasteiger partial charge is 0.229 e. The highest BCUT2D eigenvalue weighted by Gasteiger charge is 2.04. The zero-order valence-corrected chi connectivity index (χ0v) is 14.3. The Morgan fingerprint density at radius 3 is 2.54 bits per heavy atom. The molecule has 0 aliphatic heterocycles. The molecule has 24 heavy (non-hydrogen) atoms. The van der Waals surface area contributed by atoms with E-state index in [0.29, 0.717) is 21.8 Å². The summed E-state index contributed by atoms with van der Waals surface area (Å²) < 4.78 is 5.20. The summed E-state index contributed by atoms with van der Waals surface area (Å²) in [5.74, 6) is 1.85. The summed E-state index contributed by atoms with van der Waals surface area (Å²) in [6, 6.07) is 14.6. The minimum Gasteiger partial charge on any atom is -0.497 e. The van der Waals surface area contributed by atoms with Gasteiger partial charge in [0.05, 0.1) is 17.2 Å². The van der Waals surface area contributed by atoms with E-state index in [9.17, 15) is 0 Å². The first kappa shape index (κ1) is 16.4. The Labute approximate surface area is 149 Å². The summed E-state index contributed by atoms with van der Waals surface area (Å²) in [7, 11) is 1.62. The highest BCUT2D eigenvalue weighted by molar-refractivity contribution is 6.42. The van der Waals surface area contributed by atoms with E-state index in [2.05, 4.69) is 20.6 Å². The van der Waals surface area contributed by atoms with Gasteiger partial charge in [-0.25, -0.2) is 4.98 Å². The molecule has 0 saturated heterocycles. The van der Waals surface area contributed by atoms with Gasteiger partial charge in [-0.15, -0.1) is 0 Å². The van der Waals surface area contributed by atoms with Crippen LogP contribution in [0.25, 0.3) is 0 Å². The predicted octanol–water partition coefficient (Wildman–Crippen LogP) is 5.28. The molecule has 1 aromatic heterocycles. The maximum Gasteiger partial charge on any atom is 0.229 e. The molecule has 0 unspecified atom stereocenters. The third-order valence-corrected chi connectivity index (χ3v) is 3.91. The second-order valence-corrected chi connectivity index (χ2v) is 5.69. The summed E-state index contributed by atoms with van der Waals surface area (Å²) in [5.41, 5.74) is 1.62. The summed E-state index contributed by atoms with van der Waals surface area (Å²) in [6.45, 7) is 0. The van der Waals surface area contributed by atoms with Gasteiger partial charge in [0, 0.05) is 23.6 Å². The van der Waals surface area contributed by atoms with Gasteiger partial charge >= 0.3 is 0 Å². The number of hydrogen-bond acceptors (Lipinski definition) is 5. The van der Waals surface area contributed by atoms with Gasteiger partial charge in [-0.1, -0.05) is 29.3 Å². The zero-order chi connectivity index (χ0) is 16.9. The topological polar surface area (TPSA) is 59.1 Å². The molecule has 0 aliphatic carbocycles. The van der Waals surface area contributed by atoms with Crippen LogP contribution in [0.4, 0.5) is 23.1 Å². The number of nitrogens with one attached hydrogen (secondary N) is 2. The van der Waals surface area contributed by atoms with Crippen LogP contribution in [0, 0.1) is 0 Å². The van der Waals surface area contributed by atoms with Crippen LogP contribution in [0.2, 0.25) is 10.0 Å². The van der Waals surface area contributed by atoms with Gasteiger partial charge in [0.2, 0.25) is 5.95 Å². The van der Waals surface area contributed by atoms with Gasteiger partial charge in [0.15, 0.2) is 0 Å². The van der Waals surface area contributed by atoms with Crippen molar-refractivity contribution in [3.05, 3.63) is 64.8 Å². The van der Waals surface area contributed by atoms with Crippen molar-refractivity contribution < 1.29 is 4.74 Å². The Hall–Kier alpha value is -2.50. The van der Waals surface area contributed by atoms with Gasteiger partial charge in [-0.2, -0.15) is 4.98 Å². The molecule has 122 valence electrons. The van der Waals surface area contributed by atoms with E-state index < -0.39 is 0 Å². The average molecular weight is 361 g/mol. The lowest BCUT2D eigenvalue weighted by molar-refractivity contribution is 0.415. The molecule has 0 fully saturated rings. The van der Waals surface area contributed by atoms with Crippen molar-refractivity contribution in [3.8, 4) is 5.75 Å². The molecule has 7 heteroatoms. The third kappa shape index (κ3) is 4.07. The van der Waals surface area contributed by atoms with Crippen LogP contribution in [0.1, 0.15) is 0 Å². The number of benzene rings is 2. The number of ether oxygens (including phenoxy) is 1. The van der Waals surface area contributed by atoms with E-state index in [1.165, 1.54) is 0 Å². The SMILES string of the molecule is COc1cccc(Nc2nccc(Nc3ccc(Cl)c(Cl)c3)n2)c1. The van der Waals surface area contributed by atoms with E-state index in [1.807, 2.05) is 30.3 Å². The van der Waals surface area contributed by atoms with E-state index in [0.717, 1.165) is 17.1 Å². The number of nitrogens with zero attached hydrogens (tertiary/aromatic N) is 2. The Balaban J connectivity index is 1.77. The van der Waals surface area contributed by atoms with Crippen LogP contribution in [-0.2, 0) is 0 Å². The molecule has 0 spiro atoms. The molecular formula is C17H14Cl2N4O. The molecule has 1 heterocycles. The van der Waals surface area contributed by atoms with Gasteiger partial charge in [-0.05, 0) is 36.4 Å². The van der Waals surface area contributed by atoms with Crippen molar-refractivity contribution in [3.63, 3.8) is 0 Å². The lowest BCUT2D eigenvalue weighted by atomic mass is 10.3. The fourth-order valence-electron chi connectivity index (χ4n) is 2.04. The Morgan fingerprint density at radius 2 is 1.75 bits per heavy atom. The maximum atomic E-state index is 6.02. The van der Waals surface area contributed by atoms with E-state index in [1.54, 1.807) is 31.5 Å². The molecule has 0 bridgehead atoms. The zero-order valence-electron chi connectivity index (χ0n) is 12.8. The van der Waals surface area contributed by atoms with Gasteiger partial charge in [0.25, 0.3) is 0 Å². The van der Waals surface area contributed by atoms with Crippen LogP contribution in [0.3, 0.4) is 0 Å². The van der Waals surface area contributed by atoms with Crippen LogP contribution < -0.4 is 15.4 Å².